The molecule has 0 amide bonds. The monoisotopic (exact) mass is 195 g/mol. The van der Waals surface area contributed by atoms with E-state index in [1.54, 1.807) is 6.92 Å². The largest absolute Gasteiger partial charge is 0.307 e. The van der Waals surface area contributed by atoms with Crippen LogP contribution in [-0.4, -0.2) is 18.4 Å². The van der Waals surface area contributed by atoms with Gasteiger partial charge in [-0.15, -0.1) is 0 Å². The molecular formula is C12H21NO. The zero-order chi connectivity index (χ0) is 10.6. The third-order valence-electron chi connectivity index (χ3n) is 5.12. The number of carbonyl (C=O) groups excluding carboxylic acids is 1. The van der Waals surface area contributed by atoms with E-state index in [1.807, 2.05) is 0 Å². The van der Waals surface area contributed by atoms with Crippen LogP contribution in [0.2, 0.25) is 0 Å². The highest BCUT2D eigenvalue weighted by Gasteiger charge is 2.58. The molecule has 3 atom stereocenters. The second kappa shape index (κ2) is 2.82. The molecule has 0 aromatic carbocycles. The molecule has 2 nitrogen and oxygen atoms in total. The maximum atomic E-state index is 11.6. The molecule has 1 aliphatic carbocycles. The van der Waals surface area contributed by atoms with Gasteiger partial charge in [-0.05, 0) is 43.1 Å². The van der Waals surface area contributed by atoms with Crippen molar-refractivity contribution < 1.29 is 4.79 Å². The number of nitrogens with one attached hydrogen (secondary N) is 1. The smallest absolute Gasteiger partial charge is 0.147 e. The van der Waals surface area contributed by atoms with Crippen LogP contribution in [0.4, 0.5) is 0 Å². The summed E-state index contributed by atoms with van der Waals surface area (Å²) in [5, 5.41) is 3.43. The van der Waals surface area contributed by atoms with Gasteiger partial charge < -0.3 is 5.32 Å². The summed E-state index contributed by atoms with van der Waals surface area (Å²) in [7, 11) is 0. The summed E-state index contributed by atoms with van der Waals surface area (Å²) < 4.78 is 0. The van der Waals surface area contributed by atoms with E-state index in [0.29, 0.717) is 11.2 Å². The first-order valence-corrected chi connectivity index (χ1v) is 5.63. The highest BCUT2D eigenvalue weighted by atomic mass is 16.1. The molecule has 0 aromatic rings. The zero-order valence-corrected chi connectivity index (χ0v) is 9.68. The van der Waals surface area contributed by atoms with Crippen molar-refractivity contribution in [1.82, 2.24) is 5.32 Å². The average Bonchev–Trinajstić information content (AvgIpc) is 2.26. The average molecular weight is 195 g/mol. The van der Waals surface area contributed by atoms with Gasteiger partial charge >= 0.3 is 0 Å². The summed E-state index contributed by atoms with van der Waals surface area (Å²) >= 11 is 0. The number of hydrogen-bond acceptors (Lipinski definition) is 2. The number of piperidine rings is 1. The fraction of sp³-hybridized carbons (Fsp3) is 0.917. The van der Waals surface area contributed by atoms with Gasteiger partial charge in [0.25, 0.3) is 0 Å². The molecule has 2 fully saturated rings. The van der Waals surface area contributed by atoms with Gasteiger partial charge in [0.1, 0.15) is 5.78 Å². The van der Waals surface area contributed by atoms with E-state index in [1.165, 1.54) is 12.8 Å². The molecule has 1 saturated heterocycles. The highest BCUT2D eigenvalue weighted by molar-refractivity contribution is 5.82. The fourth-order valence-electron chi connectivity index (χ4n) is 3.57. The first-order valence-electron chi connectivity index (χ1n) is 5.63. The van der Waals surface area contributed by atoms with Crippen LogP contribution in [0.25, 0.3) is 0 Å². The third-order valence-corrected chi connectivity index (χ3v) is 5.12. The lowest BCUT2D eigenvalue weighted by atomic mass is 9.59. The van der Waals surface area contributed by atoms with Crippen LogP contribution in [0.5, 0.6) is 0 Å². The van der Waals surface area contributed by atoms with Crippen LogP contribution in [0.15, 0.2) is 0 Å². The minimum absolute atomic E-state index is 0.0799. The second-order valence-corrected chi connectivity index (χ2v) is 5.83. The van der Waals surface area contributed by atoms with Crippen molar-refractivity contribution in [3.05, 3.63) is 0 Å². The van der Waals surface area contributed by atoms with Gasteiger partial charge in [-0.25, -0.2) is 0 Å². The number of rotatable bonds is 1. The standard InChI is InChI=1S/C12H21NO/c1-8(14)10-12(4)6-5-9(7-13-10)11(12,2)3/h9-10,13H,5-7H2,1-4H3. The van der Waals surface area contributed by atoms with Gasteiger partial charge in [0, 0.05) is 0 Å². The van der Waals surface area contributed by atoms with Crippen LogP contribution in [0.1, 0.15) is 40.5 Å². The van der Waals surface area contributed by atoms with Gasteiger partial charge in [-0.3, -0.25) is 4.79 Å². The molecular weight excluding hydrogens is 174 g/mol. The van der Waals surface area contributed by atoms with Gasteiger partial charge in [0.2, 0.25) is 0 Å². The number of hydrogen-bond donors (Lipinski definition) is 1. The highest BCUT2D eigenvalue weighted by Crippen LogP contribution is 2.59. The molecule has 80 valence electrons. The minimum Gasteiger partial charge on any atom is -0.307 e. The Bertz CT molecular complexity index is 271. The predicted octanol–water partition coefficient (Wildman–Crippen LogP) is 1.99. The molecule has 2 bridgehead atoms. The normalized spacial score (nSPS) is 45.1. The topological polar surface area (TPSA) is 29.1 Å². The number of ketones is 1. The maximum absolute atomic E-state index is 11.6. The van der Waals surface area contributed by atoms with Crippen molar-refractivity contribution in [2.45, 2.75) is 46.6 Å². The summed E-state index contributed by atoms with van der Waals surface area (Å²) in [6.45, 7) is 9.69. The molecule has 1 heterocycles. The van der Waals surface area contributed by atoms with Crippen LogP contribution in [0, 0.1) is 16.7 Å². The van der Waals surface area contributed by atoms with Gasteiger partial charge in [0.05, 0.1) is 6.04 Å². The SMILES string of the molecule is CC(=O)C1NCC2CCC1(C)C2(C)C. The Morgan fingerprint density at radius 1 is 1.36 bits per heavy atom. The first kappa shape index (κ1) is 10.2. The van der Waals surface area contributed by atoms with E-state index in [4.69, 9.17) is 0 Å². The lowest BCUT2D eigenvalue weighted by molar-refractivity contribution is -0.126. The Morgan fingerprint density at radius 2 is 2.00 bits per heavy atom. The Morgan fingerprint density at radius 3 is 2.57 bits per heavy atom. The Balaban J connectivity index is 2.38. The third kappa shape index (κ3) is 1.04. The van der Waals surface area contributed by atoms with E-state index in [2.05, 4.69) is 26.1 Å². The van der Waals surface area contributed by atoms with Gasteiger partial charge in [-0.1, -0.05) is 20.8 Å². The summed E-state index contributed by atoms with van der Waals surface area (Å²) in [6, 6.07) is 0.0799. The van der Waals surface area contributed by atoms with E-state index in [9.17, 15) is 4.79 Å². The van der Waals surface area contributed by atoms with Crippen LogP contribution in [-0.2, 0) is 4.79 Å². The molecule has 1 saturated carbocycles. The zero-order valence-electron chi connectivity index (χ0n) is 9.68. The molecule has 0 radical (unpaired) electrons. The van der Waals surface area contributed by atoms with Gasteiger partial charge in [-0.2, -0.15) is 0 Å². The number of carbonyl (C=O) groups is 1. The first-order chi connectivity index (χ1) is 6.39. The van der Waals surface area contributed by atoms with Crippen molar-refractivity contribution in [3.63, 3.8) is 0 Å². The summed E-state index contributed by atoms with van der Waals surface area (Å²) in [4.78, 5) is 11.6. The molecule has 2 heteroatoms. The quantitative estimate of drug-likeness (QED) is 0.693. The van der Waals surface area contributed by atoms with Crippen molar-refractivity contribution in [2.75, 3.05) is 6.54 Å². The van der Waals surface area contributed by atoms with E-state index in [0.717, 1.165) is 12.5 Å². The summed E-state index contributed by atoms with van der Waals surface area (Å²) in [5.41, 5.74) is 0.482. The lowest BCUT2D eigenvalue weighted by Crippen LogP contribution is -2.59. The van der Waals surface area contributed by atoms with Crippen molar-refractivity contribution in [3.8, 4) is 0 Å². The predicted molar refractivity (Wildman–Crippen MR) is 57.1 cm³/mol. The fourth-order valence-corrected chi connectivity index (χ4v) is 3.57. The Kier molecular flexibility index (Phi) is 2.04. The molecule has 0 spiro atoms. The molecule has 0 aromatic heterocycles. The van der Waals surface area contributed by atoms with Crippen LogP contribution >= 0.6 is 0 Å². The van der Waals surface area contributed by atoms with E-state index >= 15 is 0 Å². The number of Topliss-reactive ketones (excluding diaryl/α,β-unsaturated/α-hetero) is 1. The molecule has 2 aliphatic rings. The molecule has 3 unspecified atom stereocenters. The second-order valence-electron chi connectivity index (χ2n) is 5.83. The van der Waals surface area contributed by atoms with Crippen LogP contribution < -0.4 is 5.32 Å². The van der Waals surface area contributed by atoms with E-state index in [-0.39, 0.29) is 11.5 Å². The van der Waals surface area contributed by atoms with Crippen molar-refractivity contribution >= 4 is 5.78 Å². The Hall–Kier alpha value is -0.370. The molecule has 2 rings (SSSR count). The van der Waals surface area contributed by atoms with E-state index < -0.39 is 0 Å². The summed E-state index contributed by atoms with van der Waals surface area (Å²) in [5.74, 6) is 1.06. The minimum atomic E-state index is 0.0799. The molecule has 1 aliphatic heterocycles. The van der Waals surface area contributed by atoms with Gasteiger partial charge in [0.15, 0.2) is 0 Å². The number of fused-ring (bicyclic) bond motifs is 2. The van der Waals surface area contributed by atoms with Crippen LogP contribution in [0.3, 0.4) is 0 Å². The van der Waals surface area contributed by atoms with Crippen molar-refractivity contribution in [1.29, 1.82) is 0 Å². The molecule has 1 N–H and O–H groups in total. The van der Waals surface area contributed by atoms with Crippen molar-refractivity contribution in [2.24, 2.45) is 16.7 Å². The maximum Gasteiger partial charge on any atom is 0.147 e. The lowest BCUT2D eigenvalue weighted by Gasteiger charge is -2.50. The Labute approximate surface area is 86.5 Å². The molecule has 14 heavy (non-hydrogen) atoms. The summed E-state index contributed by atoms with van der Waals surface area (Å²) in [6.07, 6.45) is 2.47.